The second-order valence-corrected chi connectivity index (χ2v) is 5.21. The Bertz CT molecular complexity index is 609. The Labute approximate surface area is 118 Å². The van der Waals surface area contributed by atoms with E-state index in [1.54, 1.807) is 0 Å². The van der Waals surface area contributed by atoms with Gasteiger partial charge in [0.05, 0.1) is 0 Å². The summed E-state index contributed by atoms with van der Waals surface area (Å²) in [5, 5.41) is 9.04. The zero-order valence-electron chi connectivity index (χ0n) is 11.2. The lowest BCUT2D eigenvalue weighted by Gasteiger charge is -2.13. The number of hydrogen-bond donors (Lipinski definition) is 1. The number of nitrogens with zero attached hydrogens (tertiary/aromatic N) is 1. The van der Waals surface area contributed by atoms with Crippen molar-refractivity contribution < 1.29 is 9.90 Å². The van der Waals surface area contributed by atoms with Crippen molar-refractivity contribution in [2.45, 2.75) is 12.3 Å². The first-order valence-electron chi connectivity index (χ1n) is 6.87. The average Bonchev–Trinajstić information content (AvgIpc) is 2.98. The normalized spacial score (nSPS) is 18.2. The second kappa shape index (κ2) is 5.37. The van der Waals surface area contributed by atoms with Gasteiger partial charge in [0.15, 0.2) is 0 Å². The van der Waals surface area contributed by atoms with Gasteiger partial charge in [-0.1, -0.05) is 54.6 Å². The molecule has 3 rings (SSSR count). The molecule has 3 heteroatoms. The highest BCUT2D eigenvalue weighted by atomic mass is 16.4. The SMILES string of the molecule is O=C(O)N1CCC(c2cccc(-c3ccccc3)c2)C1. The maximum atomic E-state index is 11.0. The molecule has 20 heavy (non-hydrogen) atoms. The highest BCUT2D eigenvalue weighted by Crippen LogP contribution is 2.30. The Morgan fingerprint density at radius 2 is 1.80 bits per heavy atom. The van der Waals surface area contributed by atoms with E-state index < -0.39 is 6.09 Å². The standard InChI is InChI=1S/C17H17NO2/c19-17(20)18-10-9-16(12-18)15-8-4-7-14(11-15)13-5-2-1-3-6-13/h1-8,11,16H,9-10,12H2,(H,19,20). The van der Waals surface area contributed by atoms with Gasteiger partial charge in [0.25, 0.3) is 0 Å². The van der Waals surface area contributed by atoms with Crippen LogP contribution < -0.4 is 0 Å². The molecule has 1 aliphatic rings. The van der Waals surface area contributed by atoms with Crippen molar-refractivity contribution in [2.24, 2.45) is 0 Å². The number of likely N-dealkylation sites (tertiary alicyclic amines) is 1. The summed E-state index contributed by atoms with van der Waals surface area (Å²) in [6.07, 6.45) is 0.0941. The minimum absolute atomic E-state index is 0.315. The molecular formula is C17H17NO2. The molecule has 3 nitrogen and oxygen atoms in total. The van der Waals surface area contributed by atoms with Gasteiger partial charge >= 0.3 is 6.09 Å². The molecule has 1 fully saturated rings. The third-order valence-electron chi connectivity index (χ3n) is 3.92. The molecule has 1 aliphatic heterocycles. The summed E-state index contributed by atoms with van der Waals surface area (Å²) in [6.45, 7) is 1.24. The predicted octanol–water partition coefficient (Wildman–Crippen LogP) is 3.82. The molecule has 0 radical (unpaired) electrons. The summed E-state index contributed by atoms with van der Waals surface area (Å²) in [7, 11) is 0. The van der Waals surface area contributed by atoms with Gasteiger partial charge in [-0.05, 0) is 23.1 Å². The molecule has 0 saturated carbocycles. The van der Waals surface area contributed by atoms with Gasteiger partial charge in [-0.3, -0.25) is 0 Å². The van der Waals surface area contributed by atoms with Gasteiger partial charge in [0, 0.05) is 19.0 Å². The molecule has 1 atom stereocenters. The summed E-state index contributed by atoms with van der Waals surface area (Å²) in [4.78, 5) is 12.5. The van der Waals surface area contributed by atoms with Crippen LogP contribution in [0, 0.1) is 0 Å². The van der Waals surface area contributed by atoms with Crippen LogP contribution in [0.5, 0.6) is 0 Å². The lowest BCUT2D eigenvalue weighted by molar-refractivity contribution is 0.155. The number of rotatable bonds is 2. The maximum absolute atomic E-state index is 11.0. The van der Waals surface area contributed by atoms with E-state index in [1.807, 2.05) is 18.2 Å². The fourth-order valence-corrected chi connectivity index (χ4v) is 2.81. The molecule has 2 aromatic carbocycles. The minimum Gasteiger partial charge on any atom is -0.465 e. The molecule has 102 valence electrons. The van der Waals surface area contributed by atoms with Crippen LogP contribution in [0.2, 0.25) is 0 Å². The second-order valence-electron chi connectivity index (χ2n) is 5.21. The summed E-state index contributed by atoms with van der Waals surface area (Å²) < 4.78 is 0. The minimum atomic E-state index is -0.813. The first kappa shape index (κ1) is 12.7. The van der Waals surface area contributed by atoms with Crippen LogP contribution in [-0.2, 0) is 0 Å². The number of hydrogen-bond acceptors (Lipinski definition) is 1. The van der Waals surface area contributed by atoms with E-state index in [9.17, 15) is 4.79 Å². The summed E-state index contributed by atoms with van der Waals surface area (Å²) in [5.41, 5.74) is 3.62. The van der Waals surface area contributed by atoms with Crippen molar-refractivity contribution >= 4 is 6.09 Å². The van der Waals surface area contributed by atoms with E-state index >= 15 is 0 Å². The first-order chi connectivity index (χ1) is 9.74. The molecule has 1 unspecified atom stereocenters. The highest BCUT2D eigenvalue weighted by molar-refractivity contribution is 5.66. The van der Waals surface area contributed by atoms with E-state index in [0.29, 0.717) is 19.0 Å². The lowest BCUT2D eigenvalue weighted by atomic mass is 9.94. The lowest BCUT2D eigenvalue weighted by Crippen LogP contribution is -2.26. The molecule has 0 aromatic heterocycles. The number of carbonyl (C=O) groups is 1. The fourth-order valence-electron chi connectivity index (χ4n) is 2.81. The maximum Gasteiger partial charge on any atom is 0.407 e. The molecule has 1 N–H and O–H groups in total. The zero-order chi connectivity index (χ0) is 13.9. The Balaban J connectivity index is 1.84. The first-order valence-corrected chi connectivity index (χ1v) is 6.87. The van der Waals surface area contributed by atoms with Crippen molar-refractivity contribution in [2.75, 3.05) is 13.1 Å². The van der Waals surface area contributed by atoms with E-state index in [0.717, 1.165) is 6.42 Å². The monoisotopic (exact) mass is 267 g/mol. The van der Waals surface area contributed by atoms with Gasteiger partial charge in [-0.25, -0.2) is 4.79 Å². The third-order valence-corrected chi connectivity index (χ3v) is 3.92. The molecule has 0 spiro atoms. The van der Waals surface area contributed by atoms with Crippen LogP contribution in [0.1, 0.15) is 17.9 Å². The quantitative estimate of drug-likeness (QED) is 0.898. The van der Waals surface area contributed by atoms with Gasteiger partial charge in [-0.15, -0.1) is 0 Å². The van der Waals surface area contributed by atoms with Gasteiger partial charge in [0.1, 0.15) is 0 Å². The van der Waals surface area contributed by atoms with Crippen LogP contribution in [0.4, 0.5) is 4.79 Å². The Kier molecular flexibility index (Phi) is 3.42. The van der Waals surface area contributed by atoms with E-state index in [2.05, 4.69) is 36.4 Å². The largest absolute Gasteiger partial charge is 0.465 e. The van der Waals surface area contributed by atoms with E-state index in [-0.39, 0.29) is 0 Å². The number of benzene rings is 2. The van der Waals surface area contributed by atoms with Crippen LogP contribution >= 0.6 is 0 Å². The van der Waals surface area contributed by atoms with Crippen LogP contribution in [-0.4, -0.2) is 29.2 Å². The Hall–Kier alpha value is -2.29. The molecule has 0 aliphatic carbocycles. The predicted molar refractivity (Wildman–Crippen MR) is 78.8 cm³/mol. The van der Waals surface area contributed by atoms with Crippen LogP contribution in [0.15, 0.2) is 54.6 Å². The highest BCUT2D eigenvalue weighted by Gasteiger charge is 2.26. The van der Waals surface area contributed by atoms with Gasteiger partial charge < -0.3 is 10.0 Å². The summed E-state index contributed by atoms with van der Waals surface area (Å²) in [6, 6.07) is 18.7. The van der Waals surface area contributed by atoms with Crippen molar-refractivity contribution in [3.63, 3.8) is 0 Å². The average molecular weight is 267 g/mol. The number of carboxylic acid groups (broad SMARTS) is 1. The van der Waals surface area contributed by atoms with Crippen molar-refractivity contribution in [1.29, 1.82) is 0 Å². The van der Waals surface area contributed by atoms with Crippen molar-refractivity contribution in [3.05, 3.63) is 60.2 Å². The van der Waals surface area contributed by atoms with Crippen LogP contribution in [0.3, 0.4) is 0 Å². The number of amides is 1. The molecule has 0 bridgehead atoms. The Morgan fingerprint density at radius 3 is 2.50 bits per heavy atom. The molecule has 1 heterocycles. The van der Waals surface area contributed by atoms with Gasteiger partial charge in [0.2, 0.25) is 0 Å². The van der Waals surface area contributed by atoms with Gasteiger partial charge in [-0.2, -0.15) is 0 Å². The fraction of sp³-hybridized carbons (Fsp3) is 0.235. The van der Waals surface area contributed by atoms with E-state index in [4.69, 9.17) is 5.11 Å². The smallest absolute Gasteiger partial charge is 0.407 e. The topological polar surface area (TPSA) is 40.5 Å². The molecule has 1 saturated heterocycles. The van der Waals surface area contributed by atoms with Crippen molar-refractivity contribution in [3.8, 4) is 11.1 Å². The third kappa shape index (κ3) is 2.52. The van der Waals surface area contributed by atoms with E-state index in [1.165, 1.54) is 21.6 Å². The summed E-state index contributed by atoms with van der Waals surface area (Å²) in [5.74, 6) is 0.315. The molecular weight excluding hydrogens is 250 g/mol. The van der Waals surface area contributed by atoms with Crippen LogP contribution in [0.25, 0.3) is 11.1 Å². The molecule has 1 amide bonds. The molecule has 2 aromatic rings. The Morgan fingerprint density at radius 1 is 1.05 bits per heavy atom. The van der Waals surface area contributed by atoms with Crippen molar-refractivity contribution in [1.82, 2.24) is 4.90 Å². The zero-order valence-corrected chi connectivity index (χ0v) is 11.2. The summed E-state index contributed by atoms with van der Waals surface area (Å²) >= 11 is 0.